The summed E-state index contributed by atoms with van der Waals surface area (Å²) < 4.78 is 19.5. The average molecular weight is 518 g/mol. The summed E-state index contributed by atoms with van der Waals surface area (Å²) in [6, 6.07) is 11.2. The molecule has 1 N–H and O–H groups in total. The number of pyridine rings is 1. The third kappa shape index (κ3) is 5.85. The Hall–Kier alpha value is -2.90. The quantitative estimate of drug-likeness (QED) is 0.438. The largest absolute Gasteiger partial charge is 0.481 e. The molecule has 2 atom stereocenters. The number of rotatable bonds is 6. The average Bonchev–Trinajstić information content (AvgIpc) is 2.83. The van der Waals surface area contributed by atoms with E-state index in [1.165, 1.54) is 12.1 Å². The first-order chi connectivity index (χ1) is 16.7. The lowest BCUT2D eigenvalue weighted by Gasteiger charge is -2.34. The lowest BCUT2D eigenvalue weighted by molar-refractivity contribution is -0.140. The minimum Gasteiger partial charge on any atom is -0.481 e. The van der Waals surface area contributed by atoms with Gasteiger partial charge in [-0.15, -0.1) is 0 Å². The lowest BCUT2D eigenvalue weighted by Crippen LogP contribution is -2.46. The minimum absolute atomic E-state index is 0.0165. The van der Waals surface area contributed by atoms with Crippen LogP contribution in [-0.2, 0) is 9.59 Å². The lowest BCUT2D eigenvalue weighted by atomic mass is 9.94. The molecule has 3 aromatic rings. The molecule has 0 saturated carbocycles. The molecule has 1 aliphatic rings. The van der Waals surface area contributed by atoms with Crippen LogP contribution < -0.4 is 10.1 Å². The van der Waals surface area contributed by atoms with Crippen LogP contribution in [0, 0.1) is 11.7 Å². The number of amides is 2. The van der Waals surface area contributed by atoms with Crippen LogP contribution in [0.1, 0.15) is 26.2 Å². The third-order valence-electron chi connectivity index (χ3n) is 6.22. The molecule has 6 nitrogen and oxygen atoms in total. The zero-order valence-corrected chi connectivity index (χ0v) is 21.0. The zero-order valence-electron chi connectivity index (χ0n) is 19.5. The number of nitrogens with one attached hydrogen (secondary N) is 1. The molecule has 1 aliphatic heterocycles. The van der Waals surface area contributed by atoms with Gasteiger partial charge in [-0.25, -0.2) is 9.37 Å². The predicted octanol–water partition coefficient (Wildman–Crippen LogP) is 5.49. The number of likely N-dealkylation sites (tertiary alicyclic amines) is 1. The summed E-state index contributed by atoms with van der Waals surface area (Å²) >= 11 is 12.5. The second-order valence-electron chi connectivity index (χ2n) is 8.73. The van der Waals surface area contributed by atoms with Crippen LogP contribution in [0.2, 0.25) is 10.2 Å². The van der Waals surface area contributed by atoms with Crippen molar-refractivity contribution in [3.8, 4) is 16.9 Å². The highest BCUT2D eigenvalue weighted by Crippen LogP contribution is 2.36. The molecule has 2 amide bonds. The van der Waals surface area contributed by atoms with E-state index in [1.807, 2.05) is 6.07 Å². The Morgan fingerprint density at radius 2 is 2.00 bits per heavy atom. The Morgan fingerprint density at radius 3 is 2.74 bits per heavy atom. The second kappa shape index (κ2) is 10.8. The number of carbonyl (C=O) groups is 2. The smallest absolute Gasteiger partial charge is 0.263 e. The van der Waals surface area contributed by atoms with Crippen LogP contribution in [0.25, 0.3) is 22.0 Å². The van der Waals surface area contributed by atoms with Crippen molar-refractivity contribution < 1.29 is 18.7 Å². The van der Waals surface area contributed by atoms with Gasteiger partial charge in [0.05, 0.1) is 10.5 Å². The normalized spacial score (nSPS) is 16.7. The van der Waals surface area contributed by atoms with Crippen molar-refractivity contribution in [3.05, 3.63) is 58.5 Å². The highest BCUT2D eigenvalue weighted by molar-refractivity contribution is 6.34. The van der Waals surface area contributed by atoms with E-state index >= 15 is 0 Å². The molecule has 184 valence electrons. The van der Waals surface area contributed by atoms with Gasteiger partial charge in [-0.2, -0.15) is 0 Å². The summed E-state index contributed by atoms with van der Waals surface area (Å²) in [4.78, 5) is 30.9. The summed E-state index contributed by atoms with van der Waals surface area (Å²) in [5.74, 6) is 0.0553. The van der Waals surface area contributed by atoms with Crippen molar-refractivity contribution in [1.29, 1.82) is 0 Å². The van der Waals surface area contributed by atoms with Gasteiger partial charge in [-0.1, -0.05) is 23.2 Å². The van der Waals surface area contributed by atoms with Crippen LogP contribution in [0.5, 0.6) is 5.75 Å². The van der Waals surface area contributed by atoms with Gasteiger partial charge in [0.2, 0.25) is 5.91 Å². The molecule has 0 radical (unpaired) electrons. The van der Waals surface area contributed by atoms with Gasteiger partial charge in [0.25, 0.3) is 5.91 Å². The van der Waals surface area contributed by atoms with Crippen molar-refractivity contribution in [3.63, 3.8) is 0 Å². The van der Waals surface area contributed by atoms with E-state index in [-0.39, 0.29) is 27.9 Å². The number of hydrogen-bond acceptors (Lipinski definition) is 4. The standard InChI is InChI=1S/C26H26Cl2FN3O3/c1-15(26(34)32-9-3-4-16(14-32)10-25(33)30-2)35-18-6-8-20-21(13-24(28)31-23(20)12-18)19-7-5-17(29)11-22(19)27/h5-8,11-13,15-16H,3-4,9-10,14H2,1-2H3,(H,30,33)/t15?,16-/m1/s1. The van der Waals surface area contributed by atoms with E-state index in [4.69, 9.17) is 27.9 Å². The highest BCUT2D eigenvalue weighted by atomic mass is 35.5. The Labute approximate surface area is 213 Å². The van der Waals surface area contributed by atoms with Crippen LogP contribution in [0.15, 0.2) is 42.5 Å². The third-order valence-corrected chi connectivity index (χ3v) is 6.72. The Kier molecular flexibility index (Phi) is 7.77. The summed E-state index contributed by atoms with van der Waals surface area (Å²) in [6.45, 7) is 2.90. The predicted molar refractivity (Wildman–Crippen MR) is 135 cm³/mol. The molecule has 4 rings (SSSR count). The van der Waals surface area contributed by atoms with Gasteiger partial charge in [-0.05, 0) is 67.6 Å². The number of aromatic nitrogens is 1. The first kappa shape index (κ1) is 25.2. The molecular formula is C26H26Cl2FN3O3. The van der Waals surface area contributed by atoms with Crippen molar-refractivity contribution >= 4 is 45.9 Å². The minimum atomic E-state index is -0.712. The maximum absolute atomic E-state index is 13.5. The monoisotopic (exact) mass is 517 g/mol. The van der Waals surface area contributed by atoms with E-state index in [2.05, 4.69) is 10.3 Å². The number of ether oxygens (including phenoxy) is 1. The van der Waals surface area contributed by atoms with E-state index in [1.54, 1.807) is 43.1 Å². The van der Waals surface area contributed by atoms with Gasteiger partial charge in [0.1, 0.15) is 16.7 Å². The van der Waals surface area contributed by atoms with Gasteiger partial charge in [0.15, 0.2) is 6.10 Å². The number of halogens is 3. The molecule has 2 heterocycles. The Balaban J connectivity index is 1.52. The molecule has 1 unspecified atom stereocenters. The van der Waals surface area contributed by atoms with Crippen molar-refractivity contribution in [2.75, 3.05) is 20.1 Å². The van der Waals surface area contributed by atoms with E-state index < -0.39 is 11.9 Å². The maximum atomic E-state index is 13.5. The van der Waals surface area contributed by atoms with Gasteiger partial charge in [0, 0.05) is 43.6 Å². The van der Waals surface area contributed by atoms with Crippen LogP contribution in [0.3, 0.4) is 0 Å². The zero-order chi connectivity index (χ0) is 25.1. The molecule has 1 saturated heterocycles. The molecule has 2 aromatic carbocycles. The molecule has 1 fully saturated rings. The molecule has 1 aromatic heterocycles. The van der Waals surface area contributed by atoms with E-state index in [0.29, 0.717) is 36.3 Å². The van der Waals surface area contributed by atoms with E-state index in [9.17, 15) is 14.0 Å². The Bertz CT molecular complexity index is 1270. The number of hydrogen-bond donors (Lipinski definition) is 1. The fourth-order valence-corrected chi connectivity index (χ4v) is 4.96. The fourth-order valence-electron chi connectivity index (χ4n) is 4.49. The number of piperidine rings is 1. The first-order valence-electron chi connectivity index (χ1n) is 11.5. The summed E-state index contributed by atoms with van der Waals surface area (Å²) in [6.07, 6.45) is 1.47. The molecule has 0 spiro atoms. The van der Waals surface area contributed by atoms with Crippen molar-refractivity contribution in [2.45, 2.75) is 32.3 Å². The summed E-state index contributed by atoms with van der Waals surface area (Å²) in [7, 11) is 1.62. The van der Waals surface area contributed by atoms with Gasteiger partial charge in [-0.3, -0.25) is 9.59 Å². The topological polar surface area (TPSA) is 71.5 Å². The molecule has 0 aliphatic carbocycles. The fraction of sp³-hybridized carbons (Fsp3) is 0.346. The maximum Gasteiger partial charge on any atom is 0.263 e. The first-order valence-corrected chi connectivity index (χ1v) is 12.2. The Morgan fingerprint density at radius 1 is 1.20 bits per heavy atom. The van der Waals surface area contributed by atoms with Crippen molar-refractivity contribution in [1.82, 2.24) is 15.2 Å². The molecule has 0 bridgehead atoms. The SMILES string of the molecule is CNC(=O)C[C@H]1CCCN(C(=O)C(C)Oc2ccc3c(-c4ccc(F)cc4Cl)cc(Cl)nc3c2)C1. The van der Waals surface area contributed by atoms with E-state index in [0.717, 1.165) is 23.8 Å². The molecular weight excluding hydrogens is 492 g/mol. The van der Waals surface area contributed by atoms with Gasteiger partial charge >= 0.3 is 0 Å². The van der Waals surface area contributed by atoms with Crippen LogP contribution in [-0.4, -0.2) is 47.9 Å². The summed E-state index contributed by atoms with van der Waals surface area (Å²) in [5, 5.41) is 3.93. The summed E-state index contributed by atoms with van der Waals surface area (Å²) in [5.41, 5.74) is 1.92. The molecule has 9 heteroatoms. The number of nitrogens with zero attached hydrogens (tertiary/aromatic N) is 2. The van der Waals surface area contributed by atoms with Crippen LogP contribution >= 0.6 is 23.2 Å². The number of benzene rings is 2. The molecule has 35 heavy (non-hydrogen) atoms. The number of fused-ring (bicyclic) bond motifs is 1. The second-order valence-corrected chi connectivity index (χ2v) is 9.52. The highest BCUT2D eigenvalue weighted by Gasteiger charge is 2.29. The van der Waals surface area contributed by atoms with Crippen LogP contribution in [0.4, 0.5) is 4.39 Å². The van der Waals surface area contributed by atoms with Crippen molar-refractivity contribution in [2.24, 2.45) is 5.92 Å². The number of carbonyl (C=O) groups excluding carboxylic acids is 2. The van der Waals surface area contributed by atoms with Gasteiger partial charge < -0.3 is 15.0 Å².